The van der Waals surface area contributed by atoms with Crippen LogP contribution in [0, 0.1) is 0 Å². The van der Waals surface area contributed by atoms with Crippen molar-refractivity contribution in [3.05, 3.63) is 0 Å². The number of carbonyl (C=O) groups excluding carboxylic acids is 1. The van der Waals surface area contributed by atoms with Crippen LogP contribution in [0.15, 0.2) is 0 Å². The van der Waals surface area contributed by atoms with Crippen LogP contribution >= 0.6 is 37.4 Å². The molecule has 0 aromatic carbocycles. The molecule has 0 rings (SSSR count). The van der Waals surface area contributed by atoms with Gasteiger partial charge in [-0.3, -0.25) is 4.79 Å². The van der Waals surface area contributed by atoms with Gasteiger partial charge < -0.3 is 16.2 Å². The first-order valence-corrected chi connectivity index (χ1v) is 4.97. The van der Waals surface area contributed by atoms with Crippen molar-refractivity contribution in [2.75, 3.05) is 13.2 Å². The molecule has 0 aliphatic carbocycles. The second kappa shape index (κ2) is 14.3. The van der Waals surface area contributed by atoms with Crippen LogP contribution in [0.25, 0.3) is 0 Å². The molecule has 0 saturated carbocycles. The summed E-state index contributed by atoms with van der Waals surface area (Å²) in [5, 5.41) is -0.420. The quantitative estimate of drug-likeness (QED) is 0.282. The van der Waals surface area contributed by atoms with Crippen LogP contribution in [-0.2, 0) is 9.53 Å². The van der Waals surface area contributed by atoms with Crippen molar-refractivity contribution in [3.8, 4) is 0 Å². The van der Waals surface area contributed by atoms with E-state index in [2.05, 4.69) is 12.6 Å². The van der Waals surface area contributed by atoms with Crippen LogP contribution < -0.4 is 11.5 Å². The maximum atomic E-state index is 10.9. The second-order valence-electron chi connectivity index (χ2n) is 2.84. The van der Waals surface area contributed by atoms with Gasteiger partial charge in [-0.05, 0) is 25.8 Å². The zero-order chi connectivity index (χ0) is 10.1. The summed E-state index contributed by atoms with van der Waals surface area (Å²) in [4.78, 5) is 10.9. The van der Waals surface area contributed by atoms with E-state index in [4.69, 9.17) is 16.2 Å². The van der Waals surface area contributed by atoms with Crippen molar-refractivity contribution in [2.45, 2.75) is 31.1 Å². The highest BCUT2D eigenvalue weighted by Gasteiger charge is 2.05. The number of thiol groups is 1. The summed E-state index contributed by atoms with van der Waals surface area (Å²) >= 11 is 3.88. The lowest BCUT2D eigenvalue weighted by molar-refractivity contribution is -0.143. The smallest absolute Gasteiger partial charge is 0.308 e. The van der Waals surface area contributed by atoms with Crippen LogP contribution in [0.5, 0.6) is 0 Å². The first-order chi connectivity index (χ1) is 6.16. The minimum Gasteiger partial charge on any atom is -0.466 e. The Kier molecular flexibility index (Phi) is 19.8. The average Bonchev–Trinajstić information content (AvgIpc) is 2.02. The zero-order valence-electron chi connectivity index (χ0n) is 8.55. The molecule has 0 fully saturated rings. The van der Waals surface area contributed by atoms with Crippen LogP contribution in [0.4, 0.5) is 0 Å². The number of hydrogen-bond donors (Lipinski definition) is 3. The fourth-order valence-electron chi connectivity index (χ4n) is 0.839. The van der Waals surface area contributed by atoms with E-state index in [1.807, 2.05) is 0 Å². The van der Waals surface area contributed by atoms with Crippen molar-refractivity contribution < 1.29 is 9.53 Å². The van der Waals surface area contributed by atoms with E-state index < -0.39 is 5.37 Å². The van der Waals surface area contributed by atoms with Gasteiger partial charge in [-0.15, -0.1) is 24.8 Å². The van der Waals surface area contributed by atoms with Gasteiger partial charge in [0.25, 0.3) is 0 Å². The van der Waals surface area contributed by atoms with Gasteiger partial charge in [0.2, 0.25) is 0 Å². The lowest BCUT2D eigenvalue weighted by Crippen LogP contribution is -2.19. The molecule has 0 spiro atoms. The predicted molar refractivity (Wildman–Crippen MR) is 69.9 cm³/mol. The highest BCUT2D eigenvalue weighted by Crippen LogP contribution is 1.98. The van der Waals surface area contributed by atoms with Gasteiger partial charge >= 0.3 is 5.97 Å². The van der Waals surface area contributed by atoms with Gasteiger partial charge in [0, 0.05) is 0 Å². The molecule has 94 valence electrons. The largest absolute Gasteiger partial charge is 0.466 e. The first-order valence-electron chi connectivity index (χ1n) is 4.46. The summed E-state index contributed by atoms with van der Waals surface area (Å²) in [5.41, 5.74) is 10.6. The fraction of sp³-hybridized carbons (Fsp3) is 0.875. The number of unbranched alkanes of at least 4 members (excludes halogenated alkanes) is 2. The molecule has 0 aliphatic heterocycles. The average molecular weight is 279 g/mol. The summed E-state index contributed by atoms with van der Waals surface area (Å²) in [6, 6.07) is 0. The van der Waals surface area contributed by atoms with Gasteiger partial charge in [-0.2, -0.15) is 12.6 Å². The monoisotopic (exact) mass is 278 g/mol. The molecule has 0 heterocycles. The molecule has 0 radical (unpaired) electrons. The Balaban J connectivity index is -0.000000720. The number of nitrogens with two attached hydrogens (primary N) is 2. The Hall–Kier alpha value is 0.320. The summed E-state index contributed by atoms with van der Waals surface area (Å²) in [5.74, 6) is -0.282. The van der Waals surface area contributed by atoms with Crippen molar-refractivity contribution >= 4 is 43.4 Å². The molecular weight excluding hydrogens is 259 g/mol. The second-order valence-corrected chi connectivity index (χ2v) is 3.50. The molecule has 1 unspecified atom stereocenters. The summed E-state index contributed by atoms with van der Waals surface area (Å²) in [7, 11) is 0. The van der Waals surface area contributed by atoms with Gasteiger partial charge in [-0.1, -0.05) is 0 Å². The van der Waals surface area contributed by atoms with Crippen molar-refractivity contribution in [2.24, 2.45) is 11.5 Å². The van der Waals surface area contributed by atoms with E-state index in [0.29, 0.717) is 13.2 Å². The third-order valence-corrected chi connectivity index (χ3v) is 1.67. The van der Waals surface area contributed by atoms with Crippen LogP contribution in [-0.4, -0.2) is 24.5 Å². The fourth-order valence-corrected chi connectivity index (χ4v) is 0.988. The molecule has 0 aliphatic rings. The molecule has 0 amide bonds. The predicted octanol–water partition coefficient (Wildman–Crippen LogP) is 1.11. The number of esters is 1. The highest BCUT2D eigenvalue weighted by atomic mass is 35.5. The molecule has 4 N–H and O–H groups in total. The Morgan fingerprint density at radius 2 is 1.87 bits per heavy atom. The van der Waals surface area contributed by atoms with E-state index in [-0.39, 0.29) is 37.2 Å². The molecule has 0 saturated heterocycles. The van der Waals surface area contributed by atoms with Gasteiger partial charge in [-0.25, -0.2) is 0 Å². The van der Waals surface area contributed by atoms with Crippen molar-refractivity contribution in [3.63, 3.8) is 0 Å². The minimum absolute atomic E-state index is 0. The van der Waals surface area contributed by atoms with E-state index >= 15 is 0 Å². The zero-order valence-corrected chi connectivity index (χ0v) is 11.1. The molecule has 0 bridgehead atoms. The summed E-state index contributed by atoms with van der Waals surface area (Å²) in [6.45, 7) is 1.15. The molecule has 1 atom stereocenters. The molecule has 0 aromatic rings. The highest BCUT2D eigenvalue weighted by molar-refractivity contribution is 7.80. The van der Waals surface area contributed by atoms with E-state index in [9.17, 15) is 4.79 Å². The third kappa shape index (κ3) is 17.0. The van der Waals surface area contributed by atoms with E-state index in [0.717, 1.165) is 19.3 Å². The lowest BCUT2D eigenvalue weighted by atomic mass is 10.2. The SMILES string of the molecule is Cl.Cl.NCCCCCOC(=O)CC(N)S. The normalized spacial score (nSPS) is 10.9. The summed E-state index contributed by atoms with van der Waals surface area (Å²) in [6.07, 6.45) is 3.01. The number of rotatable bonds is 7. The standard InChI is InChI=1S/C8H18N2O2S.2ClH/c9-4-2-1-3-5-12-8(11)6-7(10)13;;/h7,13H,1-6,9-10H2;2*1H. The summed E-state index contributed by atoms with van der Waals surface area (Å²) < 4.78 is 4.89. The molecule has 7 heteroatoms. The van der Waals surface area contributed by atoms with Gasteiger partial charge in [0.1, 0.15) is 0 Å². The molecule has 0 aromatic heterocycles. The van der Waals surface area contributed by atoms with Crippen molar-refractivity contribution in [1.82, 2.24) is 0 Å². The topological polar surface area (TPSA) is 78.3 Å². The Morgan fingerprint density at radius 1 is 1.27 bits per heavy atom. The number of carbonyl (C=O) groups is 1. The van der Waals surface area contributed by atoms with E-state index in [1.165, 1.54) is 0 Å². The lowest BCUT2D eigenvalue weighted by Gasteiger charge is -2.05. The maximum Gasteiger partial charge on any atom is 0.308 e. The maximum absolute atomic E-state index is 10.9. The first kappa shape index (κ1) is 20.7. The van der Waals surface area contributed by atoms with Gasteiger partial charge in [0.15, 0.2) is 0 Å². The van der Waals surface area contributed by atoms with Crippen molar-refractivity contribution in [1.29, 1.82) is 0 Å². The Labute approximate surface area is 109 Å². The van der Waals surface area contributed by atoms with Crippen LogP contribution in [0.2, 0.25) is 0 Å². The molecule has 4 nitrogen and oxygen atoms in total. The third-order valence-electron chi connectivity index (χ3n) is 1.49. The molecule has 15 heavy (non-hydrogen) atoms. The Morgan fingerprint density at radius 3 is 2.33 bits per heavy atom. The number of hydrogen-bond acceptors (Lipinski definition) is 5. The van der Waals surface area contributed by atoms with E-state index in [1.54, 1.807) is 0 Å². The number of halogens is 2. The molecular formula is C8H20Cl2N2O2S. The minimum atomic E-state index is -0.420. The Bertz CT molecular complexity index is 151. The number of ether oxygens (including phenoxy) is 1. The van der Waals surface area contributed by atoms with Crippen LogP contribution in [0.1, 0.15) is 25.7 Å². The van der Waals surface area contributed by atoms with Crippen LogP contribution in [0.3, 0.4) is 0 Å². The van der Waals surface area contributed by atoms with Gasteiger partial charge in [0.05, 0.1) is 18.4 Å².